The molecule has 0 aliphatic carbocycles. The monoisotopic (exact) mass is 209 g/mol. The van der Waals surface area contributed by atoms with E-state index in [-0.39, 0.29) is 0 Å². The molecule has 1 aromatic heterocycles. The van der Waals surface area contributed by atoms with E-state index in [1.807, 2.05) is 36.6 Å². The van der Waals surface area contributed by atoms with Crippen LogP contribution in [0.2, 0.25) is 5.02 Å². The van der Waals surface area contributed by atoms with Crippen LogP contribution >= 0.6 is 23.4 Å². The summed E-state index contributed by atoms with van der Waals surface area (Å²) in [5.41, 5.74) is 0.997. The molecule has 66 valence electrons. The molecule has 0 spiro atoms. The zero-order chi connectivity index (χ0) is 9.26. The van der Waals surface area contributed by atoms with E-state index in [0.717, 1.165) is 21.0 Å². The van der Waals surface area contributed by atoms with Gasteiger partial charge in [0.2, 0.25) is 0 Å². The van der Waals surface area contributed by atoms with E-state index < -0.39 is 0 Å². The Hall–Kier alpha value is -0.730. The summed E-state index contributed by atoms with van der Waals surface area (Å²) in [5.74, 6) is 0. The highest BCUT2D eigenvalue weighted by Crippen LogP contribution is 2.26. The molecule has 0 bridgehead atoms. The highest BCUT2D eigenvalue weighted by Gasteiger charge is 2.02. The van der Waals surface area contributed by atoms with Crippen LogP contribution in [0.15, 0.2) is 35.4 Å². The zero-order valence-corrected chi connectivity index (χ0v) is 8.69. The Labute approximate surface area is 86.1 Å². The maximum Gasteiger partial charge on any atom is 0.115 e. The van der Waals surface area contributed by atoms with Crippen LogP contribution in [-0.4, -0.2) is 11.2 Å². The summed E-state index contributed by atoms with van der Waals surface area (Å²) in [4.78, 5) is 4.42. The number of aromatic nitrogens is 1. The molecule has 1 aromatic carbocycles. The summed E-state index contributed by atoms with van der Waals surface area (Å²) in [5, 5.41) is 2.71. The third-order valence-electron chi connectivity index (χ3n) is 1.84. The molecular weight excluding hydrogens is 202 g/mol. The number of rotatable bonds is 1. The topological polar surface area (TPSA) is 12.9 Å². The summed E-state index contributed by atoms with van der Waals surface area (Å²) < 4.78 is 0. The van der Waals surface area contributed by atoms with E-state index in [9.17, 15) is 0 Å². The van der Waals surface area contributed by atoms with Crippen LogP contribution < -0.4 is 0 Å². The Morgan fingerprint density at radius 1 is 1.31 bits per heavy atom. The van der Waals surface area contributed by atoms with E-state index in [4.69, 9.17) is 11.6 Å². The number of thioether (sulfide) groups is 1. The van der Waals surface area contributed by atoms with Gasteiger partial charge in [-0.25, -0.2) is 4.98 Å². The average Bonchev–Trinajstić information content (AvgIpc) is 2.17. The zero-order valence-electron chi connectivity index (χ0n) is 7.12. The van der Waals surface area contributed by atoms with Crippen LogP contribution in [0.5, 0.6) is 0 Å². The lowest BCUT2D eigenvalue weighted by Crippen LogP contribution is -1.83. The molecule has 0 saturated carbocycles. The van der Waals surface area contributed by atoms with Crippen molar-refractivity contribution in [2.24, 2.45) is 0 Å². The first-order chi connectivity index (χ1) is 6.31. The fraction of sp³-hybridized carbons (Fsp3) is 0.100. The minimum absolute atomic E-state index is 0.728. The lowest BCUT2D eigenvalue weighted by Gasteiger charge is -2.01. The number of fused-ring (bicyclic) bond motifs is 1. The fourth-order valence-electron chi connectivity index (χ4n) is 1.22. The van der Waals surface area contributed by atoms with Gasteiger partial charge >= 0.3 is 0 Å². The van der Waals surface area contributed by atoms with E-state index in [1.165, 1.54) is 0 Å². The van der Waals surface area contributed by atoms with Crippen molar-refractivity contribution in [3.8, 4) is 0 Å². The standard InChI is InChI=1S/C10H8ClNS/c1-13-10-8(11)6-7-4-2-3-5-9(7)12-10/h2-6H,1H3. The molecule has 0 fully saturated rings. The maximum atomic E-state index is 6.02. The van der Waals surface area contributed by atoms with Crippen molar-refractivity contribution < 1.29 is 0 Å². The number of benzene rings is 1. The molecule has 0 aliphatic heterocycles. The SMILES string of the molecule is CSc1nc2ccccc2cc1Cl. The van der Waals surface area contributed by atoms with Crippen molar-refractivity contribution in [1.29, 1.82) is 0 Å². The van der Waals surface area contributed by atoms with Crippen LogP contribution in [0.3, 0.4) is 0 Å². The van der Waals surface area contributed by atoms with Gasteiger partial charge in [-0.05, 0) is 18.4 Å². The van der Waals surface area contributed by atoms with E-state index >= 15 is 0 Å². The number of nitrogens with zero attached hydrogens (tertiary/aromatic N) is 1. The molecule has 3 heteroatoms. The van der Waals surface area contributed by atoms with Gasteiger partial charge in [-0.3, -0.25) is 0 Å². The molecule has 2 rings (SSSR count). The Balaban J connectivity index is 2.74. The molecule has 0 saturated heterocycles. The quantitative estimate of drug-likeness (QED) is 0.666. The molecule has 0 atom stereocenters. The molecular formula is C10H8ClNS. The first-order valence-corrected chi connectivity index (χ1v) is 5.51. The summed E-state index contributed by atoms with van der Waals surface area (Å²) >= 11 is 7.59. The van der Waals surface area contributed by atoms with E-state index in [2.05, 4.69) is 4.98 Å². The van der Waals surface area contributed by atoms with Crippen molar-refractivity contribution in [3.63, 3.8) is 0 Å². The van der Waals surface area contributed by atoms with E-state index in [0.29, 0.717) is 0 Å². The number of halogens is 1. The Morgan fingerprint density at radius 3 is 2.85 bits per heavy atom. The van der Waals surface area contributed by atoms with Gasteiger partial charge in [-0.1, -0.05) is 29.8 Å². The van der Waals surface area contributed by atoms with Crippen LogP contribution in [0.4, 0.5) is 0 Å². The number of hydrogen-bond acceptors (Lipinski definition) is 2. The maximum absolute atomic E-state index is 6.02. The van der Waals surface area contributed by atoms with Gasteiger partial charge in [0.25, 0.3) is 0 Å². The first kappa shape index (κ1) is 8.85. The van der Waals surface area contributed by atoms with Crippen molar-refractivity contribution >= 4 is 34.3 Å². The second-order valence-electron chi connectivity index (χ2n) is 2.67. The lowest BCUT2D eigenvalue weighted by atomic mass is 10.2. The predicted molar refractivity (Wildman–Crippen MR) is 58.5 cm³/mol. The summed E-state index contributed by atoms with van der Waals surface area (Å²) in [6.45, 7) is 0. The minimum atomic E-state index is 0.728. The van der Waals surface area contributed by atoms with Crippen molar-refractivity contribution in [2.45, 2.75) is 5.03 Å². The van der Waals surface area contributed by atoms with Crippen molar-refractivity contribution in [1.82, 2.24) is 4.98 Å². The lowest BCUT2D eigenvalue weighted by molar-refractivity contribution is 1.19. The van der Waals surface area contributed by atoms with Gasteiger partial charge in [0.1, 0.15) is 5.03 Å². The molecule has 1 nitrogen and oxygen atoms in total. The Bertz CT molecular complexity index is 442. The molecule has 13 heavy (non-hydrogen) atoms. The second kappa shape index (κ2) is 3.56. The van der Waals surface area contributed by atoms with Gasteiger partial charge in [-0.15, -0.1) is 11.8 Å². The van der Waals surface area contributed by atoms with Crippen LogP contribution in [0.25, 0.3) is 10.9 Å². The predicted octanol–water partition coefficient (Wildman–Crippen LogP) is 3.61. The molecule has 0 aliphatic rings. The third kappa shape index (κ3) is 1.64. The van der Waals surface area contributed by atoms with Gasteiger partial charge in [0.15, 0.2) is 0 Å². The number of pyridine rings is 1. The fourth-order valence-corrected chi connectivity index (χ4v) is 2.05. The Morgan fingerprint density at radius 2 is 2.08 bits per heavy atom. The number of para-hydroxylation sites is 1. The van der Waals surface area contributed by atoms with E-state index in [1.54, 1.807) is 11.8 Å². The molecule has 2 aromatic rings. The normalized spacial score (nSPS) is 10.6. The third-order valence-corrected chi connectivity index (χ3v) is 2.94. The summed E-state index contributed by atoms with van der Waals surface area (Å²) in [6.07, 6.45) is 1.98. The van der Waals surface area contributed by atoms with Gasteiger partial charge in [0.05, 0.1) is 10.5 Å². The minimum Gasteiger partial charge on any atom is -0.240 e. The van der Waals surface area contributed by atoms with Crippen LogP contribution in [-0.2, 0) is 0 Å². The molecule has 0 N–H and O–H groups in total. The average molecular weight is 210 g/mol. The van der Waals surface area contributed by atoms with Gasteiger partial charge < -0.3 is 0 Å². The highest BCUT2D eigenvalue weighted by atomic mass is 35.5. The molecule has 0 radical (unpaired) electrons. The largest absolute Gasteiger partial charge is 0.240 e. The molecule has 1 heterocycles. The first-order valence-electron chi connectivity index (χ1n) is 3.90. The Kier molecular flexibility index (Phi) is 2.42. The van der Waals surface area contributed by atoms with Gasteiger partial charge in [-0.2, -0.15) is 0 Å². The highest BCUT2D eigenvalue weighted by molar-refractivity contribution is 7.98. The summed E-state index contributed by atoms with van der Waals surface area (Å²) in [6, 6.07) is 9.92. The smallest absolute Gasteiger partial charge is 0.115 e. The number of hydrogen-bond donors (Lipinski definition) is 0. The van der Waals surface area contributed by atoms with Crippen LogP contribution in [0.1, 0.15) is 0 Å². The van der Waals surface area contributed by atoms with Crippen LogP contribution in [0, 0.1) is 0 Å². The molecule has 0 unspecified atom stereocenters. The molecule has 0 amide bonds. The second-order valence-corrected chi connectivity index (χ2v) is 3.87. The summed E-state index contributed by atoms with van der Waals surface area (Å²) in [7, 11) is 0. The van der Waals surface area contributed by atoms with Crippen molar-refractivity contribution in [3.05, 3.63) is 35.4 Å². The van der Waals surface area contributed by atoms with Crippen molar-refractivity contribution in [2.75, 3.05) is 6.26 Å². The van der Waals surface area contributed by atoms with Gasteiger partial charge in [0, 0.05) is 5.39 Å².